The predicted octanol–water partition coefficient (Wildman–Crippen LogP) is 2.91. The molecule has 15 heavy (non-hydrogen) atoms. The van der Waals surface area contributed by atoms with Crippen LogP contribution in [0.25, 0.3) is 0 Å². The highest BCUT2D eigenvalue weighted by atomic mass is 35.5. The zero-order chi connectivity index (χ0) is 10.9. The van der Waals surface area contributed by atoms with E-state index in [1.807, 2.05) is 0 Å². The summed E-state index contributed by atoms with van der Waals surface area (Å²) in [5.41, 5.74) is 10.1. The average molecular weight is 261 g/mol. The molecule has 0 aliphatic carbocycles. The molecule has 1 aromatic rings. The Balaban J connectivity index is 0.00000196. The monoisotopic (exact) mass is 260 g/mol. The Kier molecular flexibility index (Phi) is 4.70. The maximum atomic E-state index is 12.2. The van der Waals surface area contributed by atoms with E-state index >= 15 is 0 Å². The lowest BCUT2D eigenvalue weighted by molar-refractivity contribution is -0.149. The van der Waals surface area contributed by atoms with Crippen LogP contribution in [0, 0.1) is 0 Å². The Hall–Kier alpha value is -0.650. The molecule has 1 rings (SSSR count). The number of hydrogen-bond donors (Lipinski definition) is 2. The van der Waals surface area contributed by atoms with E-state index in [1.165, 1.54) is 12.1 Å². The van der Waals surface area contributed by atoms with Crippen molar-refractivity contribution in [2.45, 2.75) is 12.2 Å². The molecule has 0 saturated carbocycles. The van der Waals surface area contributed by atoms with Gasteiger partial charge in [0.1, 0.15) is 6.04 Å². The summed E-state index contributed by atoms with van der Waals surface area (Å²) >= 11 is 5.53. The minimum atomic E-state index is -4.52. The van der Waals surface area contributed by atoms with Gasteiger partial charge >= 0.3 is 6.18 Å². The number of halogens is 5. The third kappa shape index (κ3) is 3.44. The molecular formula is C8H9Cl2F3N2. The SMILES string of the molecule is Cl.Nc1ccc(Cl)cc1[C@H](N)C(F)(F)F. The molecule has 0 fully saturated rings. The van der Waals surface area contributed by atoms with Gasteiger partial charge in [0, 0.05) is 16.3 Å². The summed E-state index contributed by atoms with van der Waals surface area (Å²) in [6, 6.07) is 1.73. The number of nitrogen functional groups attached to an aromatic ring is 1. The summed E-state index contributed by atoms with van der Waals surface area (Å²) in [5, 5.41) is 0.175. The topological polar surface area (TPSA) is 52.0 Å². The van der Waals surface area contributed by atoms with Crippen molar-refractivity contribution in [3.05, 3.63) is 28.8 Å². The summed E-state index contributed by atoms with van der Waals surface area (Å²) in [5.74, 6) is 0. The smallest absolute Gasteiger partial charge is 0.398 e. The number of benzene rings is 1. The van der Waals surface area contributed by atoms with Crippen molar-refractivity contribution >= 4 is 29.7 Å². The summed E-state index contributed by atoms with van der Waals surface area (Å²) < 4.78 is 36.7. The van der Waals surface area contributed by atoms with Crippen LogP contribution < -0.4 is 11.5 Å². The minimum Gasteiger partial charge on any atom is -0.398 e. The highest BCUT2D eigenvalue weighted by Crippen LogP contribution is 2.34. The van der Waals surface area contributed by atoms with Crippen LogP contribution in [0.1, 0.15) is 11.6 Å². The number of alkyl halides is 3. The van der Waals surface area contributed by atoms with Gasteiger partial charge in [-0.1, -0.05) is 11.6 Å². The van der Waals surface area contributed by atoms with E-state index in [9.17, 15) is 13.2 Å². The van der Waals surface area contributed by atoms with Gasteiger partial charge in [0.2, 0.25) is 0 Å². The maximum absolute atomic E-state index is 12.2. The molecule has 0 radical (unpaired) electrons. The molecule has 0 aliphatic heterocycles. The fraction of sp³-hybridized carbons (Fsp3) is 0.250. The van der Waals surface area contributed by atoms with Gasteiger partial charge in [0.25, 0.3) is 0 Å². The van der Waals surface area contributed by atoms with Crippen molar-refractivity contribution in [2.75, 3.05) is 5.73 Å². The standard InChI is InChI=1S/C8H8ClF3N2.ClH/c9-4-1-2-6(13)5(3-4)7(14)8(10,11)12;/h1-3,7H,13-14H2;1H/t7-;/m0./s1. The molecule has 2 nitrogen and oxygen atoms in total. The molecule has 0 amide bonds. The first-order valence-corrected chi connectivity index (χ1v) is 4.07. The van der Waals surface area contributed by atoms with Crippen LogP contribution in [-0.2, 0) is 0 Å². The van der Waals surface area contributed by atoms with Crippen LogP contribution in [0.3, 0.4) is 0 Å². The van der Waals surface area contributed by atoms with Crippen LogP contribution in [0.4, 0.5) is 18.9 Å². The molecule has 4 N–H and O–H groups in total. The summed E-state index contributed by atoms with van der Waals surface area (Å²) in [6.07, 6.45) is -4.52. The first kappa shape index (κ1) is 14.3. The van der Waals surface area contributed by atoms with Gasteiger partial charge in [-0.2, -0.15) is 13.2 Å². The van der Waals surface area contributed by atoms with Gasteiger partial charge in [0.15, 0.2) is 0 Å². The third-order valence-electron chi connectivity index (χ3n) is 1.74. The molecule has 0 heterocycles. The molecule has 0 spiro atoms. The first-order chi connectivity index (χ1) is 6.32. The second-order valence-electron chi connectivity index (χ2n) is 2.79. The highest BCUT2D eigenvalue weighted by Gasteiger charge is 2.38. The van der Waals surface area contributed by atoms with Crippen molar-refractivity contribution in [2.24, 2.45) is 5.73 Å². The quantitative estimate of drug-likeness (QED) is 0.763. The maximum Gasteiger partial charge on any atom is 0.407 e. The van der Waals surface area contributed by atoms with Crippen molar-refractivity contribution in [3.8, 4) is 0 Å². The second-order valence-corrected chi connectivity index (χ2v) is 3.23. The molecule has 0 aromatic heterocycles. The van der Waals surface area contributed by atoms with Gasteiger partial charge in [-0.3, -0.25) is 0 Å². The number of rotatable bonds is 1. The van der Waals surface area contributed by atoms with E-state index in [1.54, 1.807) is 0 Å². The average Bonchev–Trinajstić information content (AvgIpc) is 2.06. The summed E-state index contributed by atoms with van der Waals surface area (Å²) in [4.78, 5) is 0. The van der Waals surface area contributed by atoms with Gasteiger partial charge in [-0.15, -0.1) is 12.4 Å². The van der Waals surface area contributed by atoms with Crippen LogP contribution >= 0.6 is 24.0 Å². The lowest BCUT2D eigenvalue weighted by atomic mass is 10.1. The van der Waals surface area contributed by atoms with Crippen LogP contribution in [0.2, 0.25) is 5.02 Å². The number of hydrogen-bond acceptors (Lipinski definition) is 2. The highest BCUT2D eigenvalue weighted by molar-refractivity contribution is 6.30. The van der Waals surface area contributed by atoms with Crippen molar-refractivity contribution in [3.63, 3.8) is 0 Å². The lowest BCUT2D eigenvalue weighted by Gasteiger charge is -2.17. The summed E-state index contributed by atoms with van der Waals surface area (Å²) in [7, 11) is 0. The minimum absolute atomic E-state index is 0. The number of nitrogens with two attached hydrogens (primary N) is 2. The Bertz CT molecular complexity index is 341. The summed E-state index contributed by atoms with van der Waals surface area (Å²) in [6.45, 7) is 0. The van der Waals surface area contributed by atoms with Crippen molar-refractivity contribution < 1.29 is 13.2 Å². The van der Waals surface area contributed by atoms with Crippen LogP contribution in [-0.4, -0.2) is 6.18 Å². The Morgan fingerprint density at radius 2 is 1.80 bits per heavy atom. The Labute approximate surface area is 95.8 Å². The van der Waals surface area contributed by atoms with Gasteiger partial charge in [-0.25, -0.2) is 0 Å². The van der Waals surface area contributed by atoms with E-state index in [2.05, 4.69) is 0 Å². The number of anilines is 1. The molecule has 1 aromatic carbocycles. The lowest BCUT2D eigenvalue weighted by Crippen LogP contribution is -2.29. The van der Waals surface area contributed by atoms with E-state index in [0.29, 0.717) is 0 Å². The largest absolute Gasteiger partial charge is 0.407 e. The van der Waals surface area contributed by atoms with E-state index in [0.717, 1.165) is 6.07 Å². The molecule has 86 valence electrons. The van der Waals surface area contributed by atoms with Gasteiger partial charge in [0.05, 0.1) is 0 Å². The van der Waals surface area contributed by atoms with Crippen molar-refractivity contribution in [1.29, 1.82) is 0 Å². The van der Waals surface area contributed by atoms with Crippen LogP contribution in [0.5, 0.6) is 0 Å². The first-order valence-electron chi connectivity index (χ1n) is 3.69. The molecule has 0 bridgehead atoms. The Morgan fingerprint density at radius 3 is 2.27 bits per heavy atom. The van der Waals surface area contributed by atoms with Crippen LogP contribution in [0.15, 0.2) is 18.2 Å². The fourth-order valence-corrected chi connectivity index (χ4v) is 1.17. The van der Waals surface area contributed by atoms with Gasteiger partial charge < -0.3 is 11.5 Å². The molecule has 0 aliphatic rings. The molecular weight excluding hydrogens is 252 g/mol. The second kappa shape index (κ2) is 4.92. The fourth-order valence-electron chi connectivity index (χ4n) is 0.991. The predicted molar refractivity (Wildman–Crippen MR) is 56.1 cm³/mol. The third-order valence-corrected chi connectivity index (χ3v) is 1.97. The molecule has 7 heteroatoms. The normalized spacial score (nSPS) is 13.1. The van der Waals surface area contributed by atoms with E-state index in [-0.39, 0.29) is 28.7 Å². The van der Waals surface area contributed by atoms with Gasteiger partial charge in [-0.05, 0) is 18.2 Å². The van der Waals surface area contributed by atoms with E-state index < -0.39 is 12.2 Å². The Morgan fingerprint density at radius 1 is 1.27 bits per heavy atom. The van der Waals surface area contributed by atoms with E-state index in [4.69, 9.17) is 23.1 Å². The van der Waals surface area contributed by atoms with Crippen molar-refractivity contribution in [1.82, 2.24) is 0 Å². The zero-order valence-corrected chi connectivity index (χ0v) is 8.96. The zero-order valence-electron chi connectivity index (χ0n) is 7.38. The molecule has 1 atom stereocenters. The molecule has 0 saturated heterocycles. The molecule has 0 unspecified atom stereocenters.